The lowest BCUT2D eigenvalue weighted by Crippen LogP contribution is -2.42. The van der Waals surface area contributed by atoms with Gasteiger partial charge in [0.05, 0.1) is 18.8 Å². The van der Waals surface area contributed by atoms with E-state index in [-0.39, 0.29) is 17.7 Å². The third kappa shape index (κ3) is 3.96. The lowest BCUT2D eigenvalue weighted by Gasteiger charge is -2.35. The summed E-state index contributed by atoms with van der Waals surface area (Å²) in [6.07, 6.45) is 2.28. The summed E-state index contributed by atoms with van der Waals surface area (Å²) >= 11 is 0. The molecule has 1 heterocycles. The molecule has 0 radical (unpaired) electrons. The van der Waals surface area contributed by atoms with Crippen LogP contribution in [-0.4, -0.2) is 36.9 Å². The quantitative estimate of drug-likeness (QED) is 0.599. The van der Waals surface area contributed by atoms with E-state index in [1.807, 2.05) is 49.4 Å². The van der Waals surface area contributed by atoms with Crippen molar-refractivity contribution in [2.75, 3.05) is 13.7 Å². The van der Waals surface area contributed by atoms with Crippen LogP contribution in [0.4, 0.5) is 0 Å². The first-order valence-electron chi connectivity index (χ1n) is 9.10. The van der Waals surface area contributed by atoms with Crippen molar-refractivity contribution in [3.63, 3.8) is 0 Å². The molecule has 1 atom stereocenters. The number of fused-ring (bicyclic) bond motifs is 1. The first-order chi connectivity index (χ1) is 13.5. The van der Waals surface area contributed by atoms with Gasteiger partial charge in [-0.05, 0) is 60.4 Å². The van der Waals surface area contributed by atoms with Gasteiger partial charge in [-0.15, -0.1) is 0 Å². The second kappa shape index (κ2) is 8.52. The number of hydrogen-bond acceptors (Lipinski definition) is 5. The number of nitrogens with one attached hydrogen (secondary N) is 2. The lowest BCUT2D eigenvalue weighted by atomic mass is 9.93. The molecular weight excluding hydrogens is 352 g/mol. The zero-order valence-electron chi connectivity index (χ0n) is 16.1. The molecule has 144 valence electrons. The van der Waals surface area contributed by atoms with Gasteiger partial charge in [-0.3, -0.25) is 15.6 Å². The van der Waals surface area contributed by atoms with Crippen molar-refractivity contribution in [3.05, 3.63) is 71.3 Å². The number of carbonyl (C=O) groups is 1. The van der Waals surface area contributed by atoms with Crippen LogP contribution in [0.15, 0.2) is 59.7 Å². The number of nitrogens with zero attached hydrogens (tertiary/aromatic N) is 2. The van der Waals surface area contributed by atoms with Gasteiger partial charge in [0.25, 0.3) is 5.91 Å². The summed E-state index contributed by atoms with van der Waals surface area (Å²) in [5.41, 5.74) is 6.38. The van der Waals surface area contributed by atoms with Crippen molar-refractivity contribution in [2.45, 2.75) is 19.4 Å². The molecule has 6 heteroatoms. The fourth-order valence-corrected chi connectivity index (χ4v) is 3.45. The summed E-state index contributed by atoms with van der Waals surface area (Å²) < 4.78 is 5.17. The van der Waals surface area contributed by atoms with Gasteiger partial charge < -0.3 is 9.64 Å². The molecule has 3 rings (SSSR count). The number of methoxy groups -OCH3 is 1. The Kier molecular flexibility index (Phi) is 5.89. The Bertz CT molecular complexity index is 918. The SMILES string of the molecule is C=NN/C(=C\C(=N)C(=O)N1CCc2ccccc2[C@H]1C)c1ccc(OC)cc1. The second-order valence-electron chi connectivity index (χ2n) is 6.59. The number of benzene rings is 2. The second-order valence-corrected chi connectivity index (χ2v) is 6.59. The van der Waals surface area contributed by atoms with Gasteiger partial charge >= 0.3 is 0 Å². The Balaban J connectivity index is 1.82. The summed E-state index contributed by atoms with van der Waals surface area (Å²) in [6, 6.07) is 15.4. The smallest absolute Gasteiger partial charge is 0.272 e. The van der Waals surface area contributed by atoms with Gasteiger partial charge in [0.15, 0.2) is 0 Å². The van der Waals surface area contributed by atoms with Crippen LogP contribution in [0.1, 0.15) is 29.7 Å². The summed E-state index contributed by atoms with van der Waals surface area (Å²) in [7, 11) is 1.60. The van der Waals surface area contributed by atoms with Gasteiger partial charge in [-0.25, -0.2) is 0 Å². The van der Waals surface area contributed by atoms with Crippen LogP contribution >= 0.6 is 0 Å². The molecule has 1 aliphatic heterocycles. The zero-order valence-corrected chi connectivity index (χ0v) is 16.1. The van der Waals surface area contributed by atoms with Crippen LogP contribution in [-0.2, 0) is 11.2 Å². The minimum absolute atomic E-state index is 0.0684. The first-order valence-corrected chi connectivity index (χ1v) is 9.10. The highest BCUT2D eigenvalue weighted by Crippen LogP contribution is 2.29. The van der Waals surface area contributed by atoms with Crippen LogP contribution < -0.4 is 10.2 Å². The number of carbonyl (C=O) groups excluding carboxylic acids is 1. The van der Waals surface area contributed by atoms with Gasteiger partial charge in [-0.1, -0.05) is 24.3 Å². The van der Waals surface area contributed by atoms with E-state index in [0.29, 0.717) is 12.2 Å². The molecule has 6 nitrogen and oxygen atoms in total. The van der Waals surface area contributed by atoms with E-state index < -0.39 is 0 Å². The van der Waals surface area contributed by atoms with Crippen molar-refractivity contribution in [3.8, 4) is 5.75 Å². The van der Waals surface area contributed by atoms with Crippen LogP contribution in [0.25, 0.3) is 5.70 Å². The van der Waals surface area contributed by atoms with Gasteiger partial charge in [0.1, 0.15) is 11.5 Å². The molecule has 2 aromatic carbocycles. The van der Waals surface area contributed by atoms with Crippen LogP contribution in [0.2, 0.25) is 0 Å². The molecule has 2 aromatic rings. The number of hydrogen-bond donors (Lipinski definition) is 2. The van der Waals surface area contributed by atoms with Crippen LogP contribution in [0.3, 0.4) is 0 Å². The standard InChI is InChI=1S/C22H24N4O2/c1-15-19-7-5-4-6-16(19)12-13-26(15)22(27)20(23)14-21(25-24-2)17-8-10-18(28-3)11-9-17/h4-11,14-15,23,25H,2,12-13H2,1,3H3/b21-14-,23-20?/t15-/m1/s1. The fraction of sp³-hybridized carbons (Fsp3) is 0.227. The number of amides is 1. The minimum Gasteiger partial charge on any atom is -0.497 e. The Hall–Kier alpha value is -3.41. The molecular formula is C22H24N4O2. The predicted octanol–water partition coefficient (Wildman–Crippen LogP) is 3.41. The maximum Gasteiger partial charge on any atom is 0.272 e. The van der Waals surface area contributed by atoms with E-state index in [9.17, 15) is 4.79 Å². The Labute approximate surface area is 165 Å². The maximum absolute atomic E-state index is 13.0. The molecule has 2 N–H and O–H groups in total. The number of rotatable bonds is 6. The van der Waals surface area contributed by atoms with Crippen molar-refractivity contribution in [1.82, 2.24) is 10.3 Å². The molecule has 0 aromatic heterocycles. The van der Waals surface area contributed by atoms with E-state index in [1.165, 1.54) is 11.6 Å². The molecule has 0 saturated heterocycles. The van der Waals surface area contributed by atoms with E-state index in [1.54, 1.807) is 12.0 Å². The molecule has 0 aliphatic carbocycles. The third-order valence-corrected chi connectivity index (χ3v) is 4.98. The molecule has 1 aliphatic rings. The third-order valence-electron chi connectivity index (χ3n) is 4.98. The van der Waals surface area contributed by atoms with Crippen molar-refractivity contribution in [1.29, 1.82) is 5.41 Å². The highest BCUT2D eigenvalue weighted by Gasteiger charge is 2.28. The lowest BCUT2D eigenvalue weighted by molar-refractivity contribution is -0.126. The topological polar surface area (TPSA) is 77.8 Å². The van der Waals surface area contributed by atoms with Gasteiger partial charge in [-0.2, -0.15) is 5.10 Å². The number of ether oxygens (including phenoxy) is 1. The first kappa shape index (κ1) is 19.4. The van der Waals surface area contributed by atoms with Gasteiger partial charge in [0, 0.05) is 13.3 Å². The molecule has 0 saturated carbocycles. The summed E-state index contributed by atoms with van der Waals surface area (Å²) in [4.78, 5) is 14.7. The van der Waals surface area contributed by atoms with E-state index >= 15 is 0 Å². The van der Waals surface area contributed by atoms with Gasteiger partial charge in [0.2, 0.25) is 0 Å². The molecule has 1 amide bonds. The highest BCUT2D eigenvalue weighted by atomic mass is 16.5. The Morgan fingerprint density at radius 3 is 2.68 bits per heavy atom. The summed E-state index contributed by atoms with van der Waals surface area (Å²) in [5, 5.41) is 12.1. The van der Waals surface area contributed by atoms with E-state index in [2.05, 4.69) is 23.3 Å². The maximum atomic E-state index is 13.0. The summed E-state index contributed by atoms with van der Waals surface area (Å²) in [5.74, 6) is 0.417. The Morgan fingerprint density at radius 2 is 2.00 bits per heavy atom. The average molecular weight is 376 g/mol. The zero-order chi connectivity index (χ0) is 20.1. The summed E-state index contributed by atoms with van der Waals surface area (Å²) in [6.45, 7) is 6.04. The predicted molar refractivity (Wildman–Crippen MR) is 112 cm³/mol. The molecule has 0 bridgehead atoms. The van der Waals surface area contributed by atoms with Crippen LogP contribution in [0, 0.1) is 5.41 Å². The van der Waals surface area contributed by atoms with Crippen molar-refractivity contribution < 1.29 is 9.53 Å². The normalized spacial score (nSPS) is 16.1. The highest BCUT2D eigenvalue weighted by molar-refractivity contribution is 6.43. The van der Waals surface area contributed by atoms with Crippen molar-refractivity contribution >= 4 is 24.0 Å². The van der Waals surface area contributed by atoms with E-state index in [0.717, 1.165) is 23.3 Å². The number of hydrazone groups is 1. The molecule has 0 spiro atoms. The van der Waals surface area contributed by atoms with Crippen LogP contribution in [0.5, 0.6) is 5.75 Å². The van der Waals surface area contributed by atoms with E-state index in [4.69, 9.17) is 10.1 Å². The Morgan fingerprint density at radius 1 is 1.29 bits per heavy atom. The van der Waals surface area contributed by atoms with Crippen molar-refractivity contribution in [2.24, 2.45) is 5.10 Å². The molecule has 0 unspecified atom stereocenters. The largest absolute Gasteiger partial charge is 0.497 e. The average Bonchev–Trinajstić information content (AvgIpc) is 2.73. The fourth-order valence-electron chi connectivity index (χ4n) is 3.45. The minimum atomic E-state index is -0.307. The monoisotopic (exact) mass is 376 g/mol. The molecule has 0 fully saturated rings. The molecule has 28 heavy (non-hydrogen) atoms.